The van der Waals surface area contributed by atoms with Crippen LogP contribution >= 0.6 is 0 Å². The van der Waals surface area contributed by atoms with Crippen molar-refractivity contribution in [2.24, 2.45) is 5.73 Å². The highest BCUT2D eigenvalue weighted by Gasteiger charge is 2.43. The number of nitrogens with zero attached hydrogens (tertiary/aromatic N) is 5. The number of alkyl halides is 3. The Labute approximate surface area is 195 Å². The number of halogens is 3. The highest BCUT2D eigenvalue weighted by molar-refractivity contribution is 5.87. The Balaban J connectivity index is 1.35. The number of rotatable bonds is 5. The first-order chi connectivity index (χ1) is 16.2. The van der Waals surface area contributed by atoms with Gasteiger partial charge in [0.2, 0.25) is 11.8 Å². The lowest BCUT2D eigenvalue weighted by atomic mass is 9.71. The van der Waals surface area contributed by atoms with Gasteiger partial charge < -0.3 is 15.5 Å². The summed E-state index contributed by atoms with van der Waals surface area (Å²) in [7, 11) is 0. The van der Waals surface area contributed by atoms with Crippen molar-refractivity contribution < 1.29 is 22.8 Å². The predicted octanol–water partition coefficient (Wildman–Crippen LogP) is 1.66. The third-order valence-electron chi connectivity index (χ3n) is 6.79. The summed E-state index contributed by atoms with van der Waals surface area (Å²) in [6.45, 7) is 3.63. The van der Waals surface area contributed by atoms with E-state index in [1.165, 1.54) is 12.1 Å². The van der Waals surface area contributed by atoms with Gasteiger partial charge in [-0.05, 0) is 24.5 Å². The average Bonchev–Trinajstić information content (AvgIpc) is 2.84. The fourth-order valence-electron chi connectivity index (χ4n) is 4.69. The van der Waals surface area contributed by atoms with Gasteiger partial charge in [0.05, 0.1) is 23.7 Å². The van der Waals surface area contributed by atoms with Crippen LogP contribution in [0.1, 0.15) is 24.0 Å². The molecule has 34 heavy (non-hydrogen) atoms. The molecule has 1 aromatic carbocycles. The van der Waals surface area contributed by atoms with Gasteiger partial charge >= 0.3 is 6.18 Å². The van der Waals surface area contributed by atoms with Crippen molar-refractivity contribution in [3.05, 3.63) is 54.0 Å². The molecule has 2 amide bonds. The quantitative estimate of drug-likeness (QED) is 0.706. The molecule has 2 saturated heterocycles. The molecule has 0 saturated carbocycles. The molecule has 2 aliphatic heterocycles. The van der Waals surface area contributed by atoms with Crippen LogP contribution in [0.15, 0.2) is 42.9 Å². The third kappa shape index (κ3) is 4.98. The van der Waals surface area contributed by atoms with Crippen molar-refractivity contribution in [2.75, 3.05) is 50.7 Å². The van der Waals surface area contributed by atoms with Crippen molar-refractivity contribution >= 4 is 17.6 Å². The zero-order valence-corrected chi connectivity index (χ0v) is 18.7. The van der Waals surface area contributed by atoms with E-state index in [9.17, 15) is 22.8 Å². The first-order valence-electron chi connectivity index (χ1n) is 11.2. The SMILES string of the molecule is NC(=O)C1(c2cccc(C(F)(F)F)c2)CCN(C(=O)CN2CCN(c3cnccn3)CC2)CC1. The van der Waals surface area contributed by atoms with E-state index < -0.39 is 23.1 Å². The maximum absolute atomic E-state index is 13.2. The molecule has 1 aromatic heterocycles. The lowest BCUT2D eigenvalue weighted by Gasteiger charge is -2.41. The largest absolute Gasteiger partial charge is 0.416 e. The van der Waals surface area contributed by atoms with Gasteiger partial charge in [0.15, 0.2) is 0 Å². The number of amides is 2. The lowest BCUT2D eigenvalue weighted by molar-refractivity contribution is -0.138. The van der Waals surface area contributed by atoms with Crippen LogP contribution in [0.25, 0.3) is 0 Å². The molecule has 2 aromatic rings. The topological polar surface area (TPSA) is 95.7 Å². The van der Waals surface area contributed by atoms with Crippen LogP contribution in [-0.4, -0.2) is 77.4 Å². The minimum atomic E-state index is -4.51. The van der Waals surface area contributed by atoms with Crippen LogP contribution in [0.3, 0.4) is 0 Å². The van der Waals surface area contributed by atoms with E-state index in [2.05, 4.69) is 19.8 Å². The van der Waals surface area contributed by atoms with E-state index in [1.54, 1.807) is 23.5 Å². The van der Waals surface area contributed by atoms with Gasteiger partial charge in [-0.15, -0.1) is 0 Å². The molecule has 2 N–H and O–H groups in total. The summed E-state index contributed by atoms with van der Waals surface area (Å²) < 4.78 is 39.6. The number of likely N-dealkylation sites (tertiary alicyclic amines) is 1. The van der Waals surface area contributed by atoms with Crippen LogP contribution in [0.5, 0.6) is 0 Å². The molecule has 4 rings (SSSR count). The number of carbonyl (C=O) groups is 2. The lowest BCUT2D eigenvalue weighted by Crippen LogP contribution is -2.54. The van der Waals surface area contributed by atoms with Gasteiger partial charge in [0.1, 0.15) is 5.82 Å². The van der Waals surface area contributed by atoms with Gasteiger partial charge in [-0.3, -0.25) is 19.5 Å². The first kappa shape index (κ1) is 23.9. The molecule has 2 aliphatic rings. The maximum atomic E-state index is 13.2. The molecule has 11 heteroatoms. The number of primary amides is 1. The number of hydrogen-bond acceptors (Lipinski definition) is 6. The van der Waals surface area contributed by atoms with E-state index in [4.69, 9.17) is 5.73 Å². The van der Waals surface area contributed by atoms with Crippen LogP contribution in [-0.2, 0) is 21.2 Å². The van der Waals surface area contributed by atoms with Crippen molar-refractivity contribution in [1.29, 1.82) is 0 Å². The molecule has 0 spiro atoms. The van der Waals surface area contributed by atoms with Gasteiger partial charge in [0.25, 0.3) is 0 Å². The third-order valence-corrected chi connectivity index (χ3v) is 6.79. The van der Waals surface area contributed by atoms with Gasteiger partial charge in [0, 0.05) is 51.7 Å². The van der Waals surface area contributed by atoms with Gasteiger partial charge in [-0.25, -0.2) is 4.98 Å². The first-order valence-corrected chi connectivity index (χ1v) is 11.2. The second kappa shape index (κ2) is 9.57. The van der Waals surface area contributed by atoms with Gasteiger partial charge in [-0.1, -0.05) is 18.2 Å². The molecule has 0 aliphatic carbocycles. The van der Waals surface area contributed by atoms with Crippen molar-refractivity contribution in [2.45, 2.75) is 24.4 Å². The molecule has 3 heterocycles. The normalized spacial score (nSPS) is 19.1. The standard InChI is InChI=1S/C23H27F3N6O2/c24-23(25,26)18-3-1-2-17(14-18)22(21(27)34)4-8-32(9-5-22)20(33)16-30-10-12-31(13-11-30)19-15-28-6-7-29-19/h1-3,6-7,14-15H,4-5,8-13,16H2,(H2,27,34). The second-order valence-corrected chi connectivity index (χ2v) is 8.73. The summed E-state index contributed by atoms with van der Waals surface area (Å²) in [6.07, 6.45) is 0.849. The molecule has 0 atom stereocenters. The number of anilines is 1. The highest BCUT2D eigenvalue weighted by atomic mass is 19.4. The summed E-state index contributed by atoms with van der Waals surface area (Å²) in [6, 6.07) is 4.77. The predicted molar refractivity (Wildman–Crippen MR) is 119 cm³/mol. The van der Waals surface area contributed by atoms with Crippen LogP contribution in [0.2, 0.25) is 0 Å². The Morgan fingerprint density at radius 2 is 1.74 bits per heavy atom. The Morgan fingerprint density at radius 1 is 1.03 bits per heavy atom. The van der Waals surface area contributed by atoms with Crippen LogP contribution < -0.4 is 10.6 Å². The number of aromatic nitrogens is 2. The zero-order valence-electron chi connectivity index (χ0n) is 18.7. The smallest absolute Gasteiger partial charge is 0.369 e. The van der Waals surface area contributed by atoms with Crippen LogP contribution in [0, 0.1) is 0 Å². The monoisotopic (exact) mass is 476 g/mol. The fourth-order valence-corrected chi connectivity index (χ4v) is 4.69. The fraction of sp³-hybridized carbons (Fsp3) is 0.478. The summed E-state index contributed by atoms with van der Waals surface area (Å²) in [5.74, 6) is 0.0796. The molecule has 2 fully saturated rings. The molecule has 8 nitrogen and oxygen atoms in total. The number of hydrogen-bond donors (Lipinski definition) is 1. The Bertz CT molecular complexity index is 1020. The maximum Gasteiger partial charge on any atom is 0.416 e. The summed E-state index contributed by atoms with van der Waals surface area (Å²) in [5.41, 5.74) is 3.89. The molecule has 0 radical (unpaired) electrons. The Morgan fingerprint density at radius 3 is 2.32 bits per heavy atom. The number of piperidine rings is 1. The number of carbonyl (C=O) groups excluding carboxylic acids is 2. The molecular formula is C23H27F3N6O2. The molecule has 0 bridgehead atoms. The van der Waals surface area contributed by atoms with Gasteiger partial charge in [-0.2, -0.15) is 13.2 Å². The van der Waals surface area contributed by atoms with Crippen molar-refractivity contribution in [3.8, 4) is 0 Å². The number of nitrogens with two attached hydrogens (primary N) is 1. The second-order valence-electron chi connectivity index (χ2n) is 8.73. The summed E-state index contributed by atoms with van der Waals surface area (Å²) >= 11 is 0. The van der Waals surface area contributed by atoms with E-state index in [1.807, 2.05) is 0 Å². The highest BCUT2D eigenvalue weighted by Crippen LogP contribution is 2.38. The van der Waals surface area contributed by atoms with E-state index in [0.717, 1.165) is 31.0 Å². The minimum Gasteiger partial charge on any atom is -0.369 e. The van der Waals surface area contributed by atoms with Crippen molar-refractivity contribution in [3.63, 3.8) is 0 Å². The molecule has 182 valence electrons. The van der Waals surface area contributed by atoms with E-state index >= 15 is 0 Å². The molecule has 0 unspecified atom stereocenters. The number of benzene rings is 1. The Kier molecular flexibility index (Phi) is 6.74. The van der Waals surface area contributed by atoms with Crippen LogP contribution in [0.4, 0.5) is 19.0 Å². The number of piperazine rings is 1. The summed E-state index contributed by atoms with van der Waals surface area (Å²) in [5, 5.41) is 0. The molecular weight excluding hydrogens is 449 g/mol. The van der Waals surface area contributed by atoms with E-state index in [0.29, 0.717) is 13.1 Å². The minimum absolute atomic E-state index is 0.0601. The average molecular weight is 477 g/mol. The summed E-state index contributed by atoms with van der Waals surface area (Å²) in [4.78, 5) is 39.5. The van der Waals surface area contributed by atoms with E-state index in [-0.39, 0.29) is 43.9 Å². The zero-order chi connectivity index (χ0) is 24.3. The Hall–Kier alpha value is -3.21. The van der Waals surface area contributed by atoms with Crippen molar-refractivity contribution in [1.82, 2.24) is 19.8 Å².